The molecule has 0 saturated heterocycles. The maximum atomic E-state index is 12.0. The second-order valence-electron chi connectivity index (χ2n) is 6.20. The Labute approximate surface area is 153 Å². The van der Waals surface area contributed by atoms with Crippen LogP contribution in [0.3, 0.4) is 0 Å². The van der Waals surface area contributed by atoms with Crippen molar-refractivity contribution in [2.24, 2.45) is 5.10 Å². The van der Waals surface area contributed by atoms with Crippen LogP contribution in [0.15, 0.2) is 29.4 Å². The number of carbonyl (C=O) groups excluding carboxylic acids is 2. The molecule has 2 rings (SSSR count). The Kier molecular flexibility index (Phi) is 7.73. The second-order valence-corrected chi connectivity index (χ2v) is 6.64. The molecule has 0 radical (unpaired) electrons. The van der Waals surface area contributed by atoms with Gasteiger partial charge >= 0.3 is 0 Å². The van der Waals surface area contributed by atoms with Crippen LogP contribution in [0.5, 0.6) is 5.75 Å². The highest BCUT2D eigenvalue weighted by Crippen LogP contribution is 2.17. The maximum absolute atomic E-state index is 12.0. The van der Waals surface area contributed by atoms with E-state index in [1.807, 2.05) is 0 Å². The van der Waals surface area contributed by atoms with Gasteiger partial charge < -0.3 is 10.1 Å². The van der Waals surface area contributed by atoms with E-state index in [1.54, 1.807) is 31.2 Å². The SMILES string of the molecule is C/C(CC(=O)NC1CCCCC1)=N\NC(=O)COc1ccc(Cl)cc1. The summed E-state index contributed by atoms with van der Waals surface area (Å²) in [4.78, 5) is 23.7. The third-order valence-corrected chi connectivity index (χ3v) is 4.19. The lowest BCUT2D eigenvalue weighted by Gasteiger charge is -2.22. The molecule has 0 atom stereocenters. The van der Waals surface area contributed by atoms with Gasteiger partial charge in [-0.1, -0.05) is 30.9 Å². The first kappa shape index (κ1) is 19.2. The summed E-state index contributed by atoms with van der Waals surface area (Å²) in [5, 5.41) is 7.56. The van der Waals surface area contributed by atoms with E-state index in [-0.39, 0.29) is 30.9 Å². The minimum atomic E-state index is -0.387. The minimum absolute atomic E-state index is 0.0557. The summed E-state index contributed by atoms with van der Waals surface area (Å²) in [6.07, 6.45) is 5.84. The number of amides is 2. The third-order valence-electron chi connectivity index (χ3n) is 3.94. The standard InChI is InChI=1S/C18H24ClN3O3/c1-13(11-17(23)20-15-5-3-2-4-6-15)21-22-18(24)12-25-16-9-7-14(19)8-10-16/h7-10,15H,2-6,11-12H2,1H3,(H,20,23)(H,22,24)/b21-13+. The van der Waals surface area contributed by atoms with Crippen LogP contribution in [-0.4, -0.2) is 30.2 Å². The van der Waals surface area contributed by atoms with Gasteiger partial charge in [0, 0.05) is 16.8 Å². The van der Waals surface area contributed by atoms with Crippen molar-refractivity contribution in [3.63, 3.8) is 0 Å². The molecule has 0 unspecified atom stereocenters. The Bertz CT molecular complexity index is 610. The molecular formula is C18H24ClN3O3. The van der Waals surface area contributed by atoms with Crippen molar-refractivity contribution in [1.29, 1.82) is 0 Å². The van der Waals surface area contributed by atoms with Crippen molar-refractivity contribution >= 4 is 29.1 Å². The van der Waals surface area contributed by atoms with E-state index in [9.17, 15) is 9.59 Å². The van der Waals surface area contributed by atoms with Crippen molar-refractivity contribution in [2.45, 2.75) is 51.5 Å². The molecule has 0 bridgehead atoms. The second kappa shape index (κ2) is 10.0. The normalized spacial score (nSPS) is 15.5. The van der Waals surface area contributed by atoms with E-state index in [1.165, 1.54) is 19.3 Å². The summed E-state index contributed by atoms with van der Waals surface area (Å²) in [6, 6.07) is 7.00. The van der Waals surface area contributed by atoms with E-state index < -0.39 is 0 Å². The van der Waals surface area contributed by atoms with Crippen LogP contribution in [0.25, 0.3) is 0 Å². The van der Waals surface area contributed by atoms with Gasteiger partial charge in [-0.2, -0.15) is 5.10 Å². The largest absolute Gasteiger partial charge is 0.484 e. The zero-order valence-electron chi connectivity index (χ0n) is 14.4. The summed E-state index contributed by atoms with van der Waals surface area (Å²) >= 11 is 5.78. The smallest absolute Gasteiger partial charge is 0.277 e. The van der Waals surface area contributed by atoms with Crippen molar-refractivity contribution in [3.05, 3.63) is 29.3 Å². The molecule has 7 heteroatoms. The first-order valence-corrected chi connectivity index (χ1v) is 8.90. The third kappa shape index (κ3) is 7.56. The Balaban J connectivity index is 1.67. The molecular weight excluding hydrogens is 342 g/mol. The van der Waals surface area contributed by atoms with Gasteiger partial charge in [0.25, 0.3) is 5.91 Å². The number of carbonyl (C=O) groups is 2. The molecule has 0 heterocycles. The highest BCUT2D eigenvalue weighted by Gasteiger charge is 2.16. The van der Waals surface area contributed by atoms with Gasteiger partial charge in [0.2, 0.25) is 5.91 Å². The molecule has 136 valence electrons. The van der Waals surface area contributed by atoms with E-state index in [0.717, 1.165) is 12.8 Å². The molecule has 0 aliphatic heterocycles. The summed E-state index contributed by atoms with van der Waals surface area (Å²) in [7, 11) is 0. The zero-order valence-corrected chi connectivity index (χ0v) is 15.1. The molecule has 6 nitrogen and oxygen atoms in total. The van der Waals surface area contributed by atoms with Crippen molar-refractivity contribution in [1.82, 2.24) is 10.7 Å². The number of hydrogen-bond acceptors (Lipinski definition) is 4. The van der Waals surface area contributed by atoms with Crippen LogP contribution in [-0.2, 0) is 9.59 Å². The molecule has 1 aliphatic rings. The summed E-state index contributed by atoms with van der Waals surface area (Å²) < 4.78 is 5.32. The molecule has 1 fully saturated rings. The number of halogens is 1. The number of hydrazone groups is 1. The van der Waals surface area contributed by atoms with Crippen molar-refractivity contribution in [3.8, 4) is 5.75 Å². The topological polar surface area (TPSA) is 79.8 Å². The number of hydrogen-bond donors (Lipinski definition) is 2. The van der Waals surface area contributed by atoms with E-state index in [4.69, 9.17) is 16.3 Å². The molecule has 2 N–H and O–H groups in total. The molecule has 0 aromatic heterocycles. The van der Waals surface area contributed by atoms with Crippen LogP contribution >= 0.6 is 11.6 Å². The minimum Gasteiger partial charge on any atom is -0.484 e. The number of ether oxygens (including phenoxy) is 1. The predicted octanol–water partition coefficient (Wildman–Crippen LogP) is 3.05. The average molecular weight is 366 g/mol. The van der Waals surface area contributed by atoms with Crippen molar-refractivity contribution < 1.29 is 14.3 Å². The molecule has 1 aromatic rings. The molecule has 1 aromatic carbocycles. The quantitative estimate of drug-likeness (QED) is 0.575. The molecule has 0 spiro atoms. The summed E-state index contributed by atoms with van der Waals surface area (Å²) in [5.41, 5.74) is 2.94. The van der Waals surface area contributed by atoms with Gasteiger partial charge in [0.05, 0.1) is 6.42 Å². The predicted molar refractivity (Wildman–Crippen MR) is 97.8 cm³/mol. The highest BCUT2D eigenvalue weighted by atomic mass is 35.5. The van der Waals surface area contributed by atoms with E-state index in [0.29, 0.717) is 16.5 Å². The Hall–Kier alpha value is -2.08. The van der Waals surface area contributed by atoms with Crippen LogP contribution in [0.4, 0.5) is 0 Å². The molecule has 25 heavy (non-hydrogen) atoms. The first-order chi connectivity index (χ1) is 12.0. The Morgan fingerprint density at radius 3 is 2.52 bits per heavy atom. The fourth-order valence-corrected chi connectivity index (χ4v) is 2.79. The first-order valence-electron chi connectivity index (χ1n) is 8.52. The van der Waals surface area contributed by atoms with Crippen LogP contribution in [0, 0.1) is 0 Å². The number of nitrogens with zero attached hydrogens (tertiary/aromatic N) is 1. The van der Waals surface area contributed by atoms with Crippen LogP contribution in [0.2, 0.25) is 5.02 Å². The number of benzene rings is 1. The molecule has 2 amide bonds. The number of rotatable bonds is 7. The lowest BCUT2D eigenvalue weighted by molar-refractivity contribution is -0.123. The van der Waals surface area contributed by atoms with Gasteiger partial charge in [-0.15, -0.1) is 0 Å². The molecule has 1 aliphatic carbocycles. The van der Waals surface area contributed by atoms with Gasteiger partial charge in [0.15, 0.2) is 6.61 Å². The van der Waals surface area contributed by atoms with Gasteiger partial charge in [-0.25, -0.2) is 5.43 Å². The van der Waals surface area contributed by atoms with E-state index in [2.05, 4.69) is 15.8 Å². The Morgan fingerprint density at radius 1 is 1.16 bits per heavy atom. The van der Waals surface area contributed by atoms with Crippen LogP contribution in [0.1, 0.15) is 45.4 Å². The van der Waals surface area contributed by atoms with Crippen molar-refractivity contribution in [2.75, 3.05) is 6.61 Å². The summed E-state index contributed by atoms with van der Waals surface area (Å²) in [6.45, 7) is 1.55. The fourth-order valence-electron chi connectivity index (χ4n) is 2.67. The fraction of sp³-hybridized carbons (Fsp3) is 0.500. The maximum Gasteiger partial charge on any atom is 0.277 e. The average Bonchev–Trinajstić information content (AvgIpc) is 2.60. The monoisotopic (exact) mass is 365 g/mol. The summed E-state index contributed by atoms with van der Waals surface area (Å²) in [5.74, 6) is 0.105. The zero-order chi connectivity index (χ0) is 18.1. The Morgan fingerprint density at radius 2 is 1.84 bits per heavy atom. The molecule has 1 saturated carbocycles. The lowest BCUT2D eigenvalue weighted by Crippen LogP contribution is -2.37. The lowest BCUT2D eigenvalue weighted by atomic mass is 9.95. The van der Waals surface area contributed by atoms with Crippen LogP contribution < -0.4 is 15.5 Å². The highest BCUT2D eigenvalue weighted by molar-refractivity contribution is 6.30. The number of nitrogens with one attached hydrogen (secondary N) is 2. The van der Waals surface area contributed by atoms with E-state index >= 15 is 0 Å². The van der Waals surface area contributed by atoms with Gasteiger partial charge in [0.1, 0.15) is 5.75 Å². The van der Waals surface area contributed by atoms with Gasteiger partial charge in [-0.3, -0.25) is 9.59 Å². The van der Waals surface area contributed by atoms with Gasteiger partial charge in [-0.05, 0) is 44.0 Å².